The second-order valence-corrected chi connectivity index (χ2v) is 3.30. The first-order valence-electron chi connectivity index (χ1n) is 4.49. The molecule has 4 nitrogen and oxygen atoms in total. The highest BCUT2D eigenvalue weighted by Gasteiger charge is 2.44. The molecule has 1 aliphatic rings. The molecule has 0 saturated carbocycles. The maximum atomic E-state index is 12.5. The van der Waals surface area contributed by atoms with Crippen LogP contribution < -0.4 is 4.90 Å². The van der Waals surface area contributed by atoms with E-state index in [1.54, 1.807) is 0 Å². The number of furan rings is 1. The van der Waals surface area contributed by atoms with Crippen molar-refractivity contribution in [2.45, 2.75) is 12.7 Å². The van der Waals surface area contributed by atoms with Crippen molar-refractivity contribution in [3.8, 4) is 0 Å². The molecule has 1 aromatic rings. The summed E-state index contributed by atoms with van der Waals surface area (Å²) in [6, 6.07) is 1.28. The van der Waals surface area contributed by atoms with Crippen molar-refractivity contribution < 1.29 is 27.1 Å². The van der Waals surface area contributed by atoms with Crippen LogP contribution in [0.25, 0.3) is 0 Å². The van der Waals surface area contributed by atoms with Crippen molar-refractivity contribution >= 4 is 11.9 Å². The van der Waals surface area contributed by atoms with E-state index in [1.165, 1.54) is 6.07 Å². The molecule has 0 bridgehead atoms. The number of carbonyl (C=O) groups excluding carboxylic acids is 1. The molecule has 0 atom stereocenters. The van der Waals surface area contributed by atoms with E-state index in [4.69, 9.17) is 4.42 Å². The van der Waals surface area contributed by atoms with E-state index in [0.717, 1.165) is 7.11 Å². The van der Waals surface area contributed by atoms with Gasteiger partial charge >= 0.3 is 12.3 Å². The van der Waals surface area contributed by atoms with Crippen LogP contribution in [0.2, 0.25) is 0 Å². The van der Waals surface area contributed by atoms with Crippen LogP contribution in [0.5, 0.6) is 0 Å². The summed E-state index contributed by atoms with van der Waals surface area (Å²) in [5.41, 5.74) is 0.373. The molecule has 1 aromatic heterocycles. The number of halogens is 3. The minimum absolute atomic E-state index is 0.175. The lowest BCUT2D eigenvalue weighted by Crippen LogP contribution is -2.36. The molecule has 0 unspecified atom stereocenters. The molecule has 0 radical (unpaired) electrons. The molecule has 0 saturated heterocycles. The number of hydrogen-bond acceptors (Lipinski definition) is 4. The molecule has 1 aliphatic heterocycles. The van der Waals surface area contributed by atoms with E-state index < -0.39 is 12.3 Å². The zero-order valence-electron chi connectivity index (χ0n) is 8.30. The third-order valence-electron chi connectivity index (χ3n) is 2.33. The van der Waals surface area contributed by atoms with E-state index in [0.29, 0.717) is 5.56 Å². The summed E-state index contributed by atoms with van der Waals surface area (Å²) in [6.07, 6.45) is -4.29. The molecule has 0 fully saturated rings. The Bertz CT molecular complexity index is 424. The Labute approximate surface area is 88.6 Å². The van der Waals surface area contributed by atoms with Gasteiger partial charge in [-0.2, -0.15) is 0 Å². The fraction of sp³-hybridized carbons (Fsp3) is 0.444. The number of fused-ring (bicyclic) bond motifs is 1. The fourth-order valence-corrected chi connectivity index (χ4v) is 1.60. The number of anilines is 1. The Kier molecular flexibility index (Phi) is 2.32. The van der Waals surface area contributed by atoms with E-state index in [9.17, 15) is 18.0 Å². The van der Waals surface area contributed by atoms with E-state index in [1.807, 2.05) is 0 Å². The summed E-state index contributed by atoms with van der Waals surface area (Å²) in [4.78, 5) is 11.2. The van der Waals surface area contributed by atoms with Crippen LogP contribution in [0, 0.1) is 0 Å². The number of alkyl halides is 3. The third-order valence-corrected chi connectivity index (χ3v) is 2.33. The summed E-state index contributed by atoms with van der Waals surface area (Å²) in [5, 5.41) is 0. The first kappa shape index (κ1) is 10.8. The first-order chi connectivity index (χ1) is 7.43. The molecule has 0 spiro atoms. The minimum Gasteiger partial charge on any atom is -0.463 e. The number of ether oxygens (including phenoxy) is 1. The minimum atomic E-state index is -4.49. The number of hydrogen-bond donors (Lipinski definition) is 0. The Hall–Kier alpha value is -1.66. The number of rotatable bonds is 1. The molecule has 0 aliphatic carbocycles. The normalized spacial score (nSPS) is 15.1. The van der Waals surface area contributed by atoms with Crippen LogP contribution in [-0.2, 0) is 11.2 Å². The lowest BCUT2D eigenvalue weighted by Gasteiger charge is -2.19. The highest BCUT2D eigenvalue weighted by molar-refractivity contribution is 5.87. The molecule has 16 heavy (non-hydrogen) atoms. The summed E-state index contributed by atoms with van der Waals surface area (Å²) >= 11 is 0. The van der Waals surface area contributed by atoms with Crippen molar-refractivity contribution in [3.05, 3.63) is 17.4 Å². The van der Waals surface area contributed by atoms with Crippen molar-refractivity contribution in [3.63, 3.8) is 0 Å². The van der Waals surface area contributed by atoms with Gasteiger partial charge in [0.2, 0.25) is 11.6 Å². The molecule has 0 aromatic carbocycles. The summed E-state index contributed by atoms with van der Waals surface area (Å²) in [5.74, 6) is -1.30. The number of carbonyl (C=O) groups is 1. The lowest BCUT2D eigenvalue weighted by atomic mass is 10.2. The van der Waals surface area contributed by atoms with Gasteiger partial charge in [0.05, 0.1) is 7.11 Å². The monoisotopic (exact) mass is 235 g/mol. The molecule has 88 valence electrons. The lowest BCUT2D eigenvalue weighted by molar-refractivity contribution is -0.129. The predicted molar refractivity (Wildman–Crippen MR) is 47.2 cm³/mol. The predicted octanol–water partition coefficient (Wildman–Crippen LogP) is 1.95. The third kappa shape index (κ3) is 1.62. The molecular formula is C9H8F3NO3. The molecule has 0 N–H and O–H groups in total. The van der Waals surface area contributed by atoms with Gasteiger partial charge in [-0.25, -0.2) is 4.79 Å². The molecule has 7 heteroatoms. The Morgan fingerprint density at radius 2 is 2.25 bits per heavy atom. The molecular weight excluding hydrogens is 227 g/mol. The van der Waals surface area contributed by atoms with Gasteiger partial charge in [-0.3, -0.25) is 4.90 Å². The Balaban J connectivity index is 2.33. The van der Waals surface area contributed by atoms with E-state index >= 15 is 0 Å². The molecule has 0 amide bonds. The largest absolute Gasteiger partial charge is 0.487 e. The van der Waals surface area contributed by atoms with Gasteiger partial charge in [-0.1, -0.05) is 0 Å². The summed E-state index contributed by atoms with van der Waals surface area (Å²) in [7, 11) is 1.14. The summed E-state index contributed by atoms with van der Waals surface area (Å²) < 4.78 is 46.7. The van der Waals surface area contributed by atoms with Gasteiger partial charge in [0.15, 0.2) is 0 Å². The number of esters is 1. The highest BCUT2D eigenvalue weighted by Crippen LogP contribution is 2.38. The quantitative estimate of drug-likeness (QED) is 0.551. The fourth-order valence-electron chi connectivity index (χ4n) is 1.60. The van der Waals surface area contributed by atoms with Gasteiger partial charge in [0.1, 0.15) is 0 Å². The molecule has 2 rings (SSSR count). The maximum absolute atomic E-state index is 12.5. The van der Waals surface area contributed by atoms with Gasteiger partial charge < -0.3 is 9.15 Å². The smallest absolute Gasteiger partial charge is 0.463 e. The average Bonchev–Trinajstić information content (AvgIpc) is 2.72. The Morgan fingerprint density at radius 3 is 2.81 bits per heavy atom. The van der Waals surface area contributed by atoms with Gasteiger partial charge in [-0.15, -0.1) is 13.2 Å². The van der Waals surface area contributed by atoms with Crippen molar-refractivity contribution in [2.75, 3.05) is 18.6 Å². The Morgan fingerprint density at radius 1 is 1.56 bits per heavy atom. The number of nitrogens with zero attached hydrogens (tertiary/aromatic N) is 1. The van der Waals surface area contributed by atoms with E-state index in [2.05, 4.69) is 4.74 Å². The topological polar surface area (TPSA) is 42.7 Å². The van der Waals surface area contributed by atoms with Crippen LogP contribution in [0.3, 0.4) is 0 Å². The SMILES string of the molecule is COC(=O)c1cc2c(o1)N(C(F)(F)F)CC2. The molecule has 2 heterocycles. The zero-order valence-corrected chi connectivity index (χ0v) is 8.30. The van der Waals surface area contributed by atoms with Crippen LogP contribution in [0.4, 0.5) is 19.1 Å². The standard InChI is InChI=1S/C9H8F3NO3/c1-15-8(14)6-4-5-2-3-13(7(5)16-6)9(10,11)12/h4H,2-3H2,1H3. The van der Waals surface area contributed by atoms with Crippen molar-refractivity contribution in [1.82, 2.24) is 0 Å². The zero-order chi connectivity index (χ0) is 11.9. The number of methoxy groups -OCH3 is 1. The second-order valence-electron chi connectivity index (χ2n) is 3.30. The van der Waals surface area contributed by atoms with Crippen LogP contribution in [-0.4, -0.2) is 25.9 Å². The maximum Gasteiger partial charge on any atom is 0.487 e. The van der Waals surface area contributed by atoms with Gasteiger partial charge in [0, 0.05) is 12.1 Å². The summed E-state index contributed by atoms with van der Waals surface area (Å²) in [6.45, 7) is -0.181. The van der Waals surface area contributed by atoms with Crippen molar-refractivity contribution in [2.24, 2.45) is 0 Å². The highest BCUT2D eigenvalue weighted by atomic mass is 19.4. The van der Waals surface area contributed by atoms with Crippen LogP contribution >= 0.6 is 0 Å². The first-order valence-corrected chi connectivity index (χ1v) is 4.49. The second kappa shape index (κ2) is 3.43. The van der Waals surface area contributed by atoms with Crippen LogP contribution in [0.15, 0.2) is 10.5 Å². The van der Waals surface area contributed by atoms with Gasteiger partial charge in [-0.05, 0) is 12.5 Å². The van der Waals surface area contributed by atoms with Gasteiger partial charge in [0.25, 0.3) is 0 Å². The van der Waals surface area contributed by atoms with E-state index in [-0.39, 0.29) is 29.5 Å². The average molecular weight is 235 g/mol. The van der Waals surface area contributed by atoms with Crippen LogP contribution in [0.1, 0.15) is 16.1 Å². The van der Waals surface area contributed by atoms with Crippen molar-refractivity contribution in [1.29, 1.82) is 0 Å².